The maximum Gasteiger partial charge on any atom is 0.332 e. The van der Waals surface area contributed by atoms with Crippen molar-refractivity contribution in [3.8, 4) is 0 Å². The molecule has 4 rings (SSSR count). The molecule has 7 nitrogen and oxygen atoms in total. The van der Waals surface area contributed by atoms with Gasteiger partial charge in [-0.15, -0.1) is 11.8 Å². The zero-order valence-electron chi connectivity index (χ0n) is 17.1. The van der Waals surface area contributed by atoms with Gasteiger partial charge in [0.2, 0.25) is 5.78 Å². The molecule has 0 spiro atoms. The molecule has 1 aliphatic carbocycles. The number of hydrogen-bond donors (Lipinski definition) is 0. The van der Waals surface area contributed by atoms with E-state index >= 15 is 0 Å². The maximum absolute atomic E-state index is 13.3. The fraction of sp³-hybridized carbons (Fsp3) is 0.227. The lowest BCUT2D eigenvalue weighted by Gasteiger charge is -2.20. The van der Waals surface area contributed by atoms with Crippen LogP contribution in [-0.4, -0.2) is 25.7 Å². The molecule has 158 valence electrons. The molecule has 0 saturated heterocycles. The van der Waals surface area contributed by atoms with Gasteiger partial charge in [-0.2, -0.15) is 0 Å². The van der Waals surface area contributed by atoms with Crippen molar-refractivity contribution < 1.29 is 9.59 Å². The molecule has 1 aliphatic rings. The van der Waals surface area contributed by atoms with Gasteiger partial charge >= 0.3 is 5.69 Å². The van der Waals surface area contributed by atoms with E-state index in [1.165, 1.54) is 36.5 Å². The molecule has 0 saturated carbocycles. The minimum Gasteiger partial charge on any atom is -0.289 e. The van der Waals surface area contributed by atoms with Gasteiger partial charge in [-0.1, -0.05) is 30.7 Å². The summed E-state index contributed by atoms with van der Waals surface area (Å²) in [5.74, 6) is -0.294. The summed E-state index contributed by atoms with van der Waals surface area (Å²) in [4.78, 5) is 56.4. The van der Waals surface area contributed by atoms with Crippen LogP contribution < -0.4 is 11.2 Å². The molecule has 0 aliphatic heterocycles. The molecular weight excluding hydrogens is 438 g/mol. The van der Waals surface area contributed by atoms with E-state index < -0.39 is 17.0 Å². The highest BCUT2D eigenvalue weighted by molar-refractivity contribution is 8.03. The number of ketones is 2. The number of nitrogens with zero attached hydrogens (tertiary/aromatic N) is 3. The van der Waals surface area contributed by atoms with Gasteiger partial charge in [0.15, 0.2) is 5.78 Å². The maximum atomic E-state index is 13.3. The molecule has 1 aromatic carbocycles. The fourth-order valence-corrected chi connectivity index (χ4v) is 4.68. The highest BCUT2D eigenvalue weighted by Gasteiger charge is 2.33. The fourth-order valence-electron chi connectivity index (χ4n) is 3.61. The summed E-state index contributed by atoms with van der Waals surface area (Å²) in [6.45, 7) is 1.81. The van der Waals surface area contributed by atoms with Crippen molar-refractivity contribution in [3.05, 3.63) is 83.5 Å². The summed E-state index contributed by atoms with van der Waals surface area (Å²) in [6, 6.07) is 7.24. The summed E-state index contributed by atoms with van der Waals surface area (Å²) >= 11 is 7.16. The normalized spacial score (nSPS) is 13.5. The number of Topliss-reactive ketones (excluding diaryl/α,β-unsaturated/α-hetero) is 1. The number of allylic oxidation sites excluding steroid dienone is 2. The van der Waals surface area contributed by atoms with Crippen LogP contribution in [0.15, 0.2) is 44.8 Å². The van der Waals surface area contributed by atoms with Crippen LogP contribution in [0, 0.1) is 0 Å². The monoisotopic (exact) mass is 455 g/mol. The summed E-state index contributed by atoms with van der Waals surface area (Å²) in [7, 11) is 2.82. The second-order valence-corrected chi connectivity index (χ2v) is 8.64. The van der Waals surface area contributed by atoms with E-state index in [0.717, 1.165) is 10.1 Å². The van der Waals surface area contributed by atoms with Crippen LogP contribution in [-0.2, 0) is 26.3 Å². The van der Waals surface area contributed by atoms with E-state index in [1.54, 1.807) is 12.1 Å². The Morgan fingerprint density at radius 3 is 2.32 bits per heavy atom. The van der Waals surface area contributed by atoms with Gasteiger partial charge in [-0.3, -0.25) is 23.5 Å². The molecule has 0 fully saturated rings. The number of thioether (sulfide) groups is 1. The predicted octanol–water partition coefficient (Wildman–Crippen LogP) is 3.04. The minimum atomic E-state index is -0.642. The van der Waals surface area contributed by atoms with Gasteiger partial charge in [0, 0.05) is 30.9 Å². The molecule has 2 aromatic heterocycles. The molecule has 0 radical (unpaired) electrons. The average molecular weight is 456 g/mol. The van der Waals surface area contributed by atoms with E-state index in [4.69, 9.17) is 11.6 Å². The lowest BCUT2D eigenvalue weighted by molar-refractivity contribution is 0.0991. The molecule has 31 heavy (non-hydrogen) atoms. The van der Waals surface area contributed by atoms with E-state index in [2.05, 4.69) is 4.98 Å². The Kier molecular flexibility index (Phi) is 5.45. The van der Waals surface area contributed by atoms with Crippen LogP contribution in [0.2, 0.25) is 5.02 Å². The lowest BCUT2D eigenvalue weighted by atomic mass is 9.90. The second-order valence-electron chi connectivity index (χ2n) is 7.18. The van der Waals surface area contributed by atoms with Gasteiger partial charge in [0.05, 0.1) is 27.1 Å². The molecular formula is C22H18ClN3O4S. The minimum absolute atomic E-state index is 0.00634. The predicted molar refractivity (Wildman–Crippen MR) is 121 cm³/mol. The molecule has 9 heteroatoms. The molecule has 3 aromatic rings. The summed E-state index contributed by atoms with van der Waals surface area (Å²) < 4.78 is 2.14. The Labute approximate surface area is 186 Å². The van der Waals surface area contributed by atoms with Crippen molar-refractivity contribution in [3.63, 3.8) is 0 Å². The largest absolute Gasteiger partial charge is 0.332 e. The third-order valence-electron chi connectivity index (χ3n) is 5.27. The SMILES string of the molecule is CCc1nc2c(c3c1C(=O)C(SCc1ccc(Cl)cc1)=CC3=O)c(=O)n(C)c(=O)n2C. The van der Waals surface area contributed by atoms with Gasteiger partial charge in [-0.05, 0) is 24.1 Å². The number of aromatic nitrogens is 3. The highest BCUT2D eigenvalue weighted by atomic mass is 35.5. The van der Waals surface area contributed by atoms with Crippen molar-refractivity contribution in [1.29, 1.82) is 0 Å². The Balaban J connectivity index is 1.87. The second kappa shape index (κ2) is 7.94. The Morgan fingerprint density at radius 1 is 1.00 bits per heavy atom. The van der Waals surface area contributed by atoms with Gasteiger partial charge < -0.3 is 0 Å². The molecule has 0 atom stereocenters. The number of fused-ring (bicyclic) bond motifs is 3. The van der Waals surface area contributed by atoms with Crippen molar-refractivity contribution in [2.24, 2.45) is 14.1 Å². The van der Waals surface area contributed by atoms with Crippen LogP contribution in [0.4, 0.5) is 0 Å². The number of hydrogen-bond acceptors (Lipinski definition) is 6. The molecule has 2 heterocycles. The number of carbonyl (C=O) groups is 2. The Morgan fingerprint density at radius 2 is 1.68 bits per heavy atom. The molecule has 0 unspecified atom stereocenters. The van der Waals surface area contributed by atoms with E-state index in [9.17, 15) is 19.2 Å². The van der Waals surface area contributed by atoms with E-state index in [0.29, 0.717) is 27.8 Å². The third kappa shape index (κ3) is 3.45. The smallest absolute Gasteiger partial charge is 0.289 e. The van der Waals surface area contributed by atoms with Crippen molar-refractivity contribution in [2.45, 2.75) is 19.1 Å². The third-order valence-corrected chi connectivity index (χ3v) is 6.61. The van der Waals surface area contributed by atoms with Crippen molar-refractivity contribution >= 4 is 46.0 Å². The summed E-state index contributed by atoms with van der Waals surface area (Å²) in [5.41, 5.74) is 0.443. The van der Waals surface area contributed by atoms with Crippen LogP contribution >= 0.6 is 23.4 Å². The lowest BCUT2D eigenvalue weighted by Crippen LogP contribution is -2.39. The van der Waals surface area contributed by atoms with Gasteiger partial charge in [0.1, 0.15) is 5.65 Å². The number of rotatable bonds is 4. The van der Waals surface area contributed by atoms with E-state index in [1.807, 2.05) is 19.1 Å². The number of carbonyl (C=O) groups excluding carboxylic acids is 2. The number of pyridine rings is 1. The molecule has 0 amide bonds. The van der Waals surface area contributed by atoms with Crippen molar-refractivity contribution in [2.75, 3.05) is 0 Å². The van der Waals surface area contributed by atoms with Crippen molar-refractivity contribution in [1.82, 2.24) is 14.1 Å². The van der Waals surface area contributed by atoms with Gasteiger partial charge in [-0.25, -0.2) is 9.78 Å². The highest BCUT2D eigenvalue weighted by Crippen LogP contribution is 2.34. The zero-order chi connectivity index (χ0) is 22.4. The molecule has 0 N–H and O–H groups in total. The first-order valence-electron chi connectivity index (χ1n) is 9.55. The summed E-state index contributed by atoms with van der Waals surface area (Å²) in [6.07, 6.45) is 1.64. The topological polar surface area (TPSA) is 91.0 Å². The number of aryl methyl sites for hydroxylation is 2. The molecule has 0 bridgehead atoms. The average Bonchev–Trinajstić information content (AvgIpc) is 2.77. The zero-order valence-corrected chi connectivity index (χ0v) is 18.6. The number of benzene rings is 1. The van der Waals surface area contributed by atoms with Crippen LogP contribution in [0.3, 0.4) is 0 Å². The Bertz CT molecular complexity index is 1420. The van der Waals surface area contributed by atoms with Gasteiger partial charge in [0.25, 0.3) is 5.56 Å². The quantitative estimate of drug-likeness (QED) is 0.600. The Hall–Kier alpha value is -2.97. The first-order chi connectivity index (χ1) is 14.7. The van der Waals surface area contributed by atoms with Crippen LogP contribution in [0.1, 0.15) is 38.9 Å². The summed E-state index contributed by atoms with van der Waals surface area (Å²) in [5, 5.41) is 0.612. The standard InChI is InChI=1S/C22H18ClN3O4S/c1-4-13-16-17(18-20(24-13)25(2)22(30)26(3)21(18)29)14(27)9-15(19(16)28)31-10-11-5-7-12(23)8-6-11/h5-9H,4,10H2,1-3H3. The number of halogens is 1. The van der Waals surface area contributed by atoms with E-state index in [-0.39, 0.29) is 27.9 Å². The van der Waals surface area contributed by atoms with Crippen LogP contribution in [0.5, 0.6) is 0 Å². The first kappa shape index (κ1) is 21.3. The van der Waals surface area contributed by atoms with Crippen LogP contribution in [0.25, 0.3) is 11.0 Å². The first-order valence-corrected chi connectivity index (χ1v) is 10.9.